The lowest BCUT2D eigenvalue weighted by Gasteiger charge is -2.32. The lowest BCUT2D eigenvalue weighted by molar-refractivity contribution is 0.227. The van der Waals surface area contributed by atoms with Crippen molar-refractivity contribution in [2.24, 2.45) is 23.5 Å². The second-order valence-electron chi connectivity index (χ2n) is 5.67. The molecule has 0 aromatic rings. The van der Waals surface area contributed by atoms with E-state index in [0.717, 1.165) is 17.8 Å². The van der Waals surface area contributed by atoms with E-state index in [9.17, 15) is 0 Å². The van der Waals surface area contributed by atoms with Crippen molar-refractivity contribution in [2.75, 3.05) is 0 Å². The summed E-state index contributed by atoms with van der Waals surface area (Å²) >= 11 is 0. The van der Waals surface area contributed by atoms with Crippen LogP contribution in [0.3, 0.4) is 0 Å². The van der Waals surface area contributed by atoms with E-state index in [0.29, 0.717) is 6.04 Å². The molecule has 1 aliphatic carbocycles. The van der Waals surface area contributed by atoms with Crippen molar-refractivity contribution < 1.29 is 0 Å². The minimum absolute atomic E-state index is 0.498. The summed E-state index contributed by atoms with van der Waals surface area (Å²) < 4.78 is 0. The molecule has 14 heavy (non-hydrogen) atoms. The number of hydrogen-bond acceptors (Lipinski definition) is 1. The highest BCUT2D eigenvalue weighted by molar-refractivity contribution is 4.80. The summed E-state index contributed by atoms with van der Waals surface area (Å²) in [6.07, 6.45) is 8.10. The van der Waals surface area contributed by atoms with Crippen molar-refractivity contribution in [3.63, 3.8) is 0 Å². The van der Waals surface area contributed by atoms with Crippen LogP contribution >= 0.6 is 0 Å². The van der Waals surface area contributed by atoms with Crippen molar-refractivity contribution >= 4 is 0 Å². The Balaban J connectivity index is 2.20. The van der Waals surface area contributed by atoms with E-state index in [1.54, 1.807) is 0 Å². The monoisotopic (exact) mass is 197 g/mol. The number of rotatable bonds is 4. The van der Waals surface area contributed by atoms with Gasteiger partial charge in [0.15, 0.2) is 0 Å². The normalized spacial score (nSPS) is 33.6. The molecule has 0 saturated heterocycles. The van der Waals surface area contributed by atoms with Crippen LogP contribution in [0, 0.1) is 17.8 Å². The van der Waals surface area contributed by atoms with Gasteiger partial charge in [-0.25, -0.2) is 0 Å². The first-order chi connectivity index (χ1) is 6.59. The summed E-state index contributed by atoms with van der Waals surface area (Å²) in [5.41, 5.74) is 6.16. The lowest BCUT2D eigenvalue weighted by atomic mass is 9.77. The molecule has 0 bridgehead atoms. The van der Waals surface area contributed by atoms with Gasteiger partial charge in [0, 0.05) is 6.04 Å². The third kappa shape index (κ3) is 4.00. The van der Waals surface area contributed by atoms with Crippen molar-refractivity contribution in [3.05, 3.63) is 0 Å². The Hall–Kier alpha value is -0.0400. The Morgan fingerprint density at radius 3 is 2.64 bits per heavy atom. The lowest BCUT2D eigenvalue weighted by Crippen LogP contribution is -2.35. The molecule has 3 atom stereocenters. The van der Waals surface area contributed by atoms with Crippen LogP contribution in [-0.2, 0) is 0 Å². The van der Waals surface area contributed by atoms with Crippen molar-refractivity contribution in [1.29, 1.82) is 0 Å². The summed E-state index contributed by atoms with van der Waals surface area (Å²) in [5, 5.41) is 0. The minimum Gasteiger partial charge on any atom is -0.327 e. The molecule has 0 heterocycles. The van der Waals surface area contributed by atoms with Gasteiger partial charge < -0.3 is 5.73 Å². The second-order valence-corrected chi connectivity index (χ2v) is 5.67. The van der Waals surface area contributed by atoms with Crippen LogP contribution in [-0.4, -0.2) is 6.04 Å². The van der Waals surface area contributed by atoms with Gasteiger partial charge in [0.1, 0.15) is 0 Å². The molecule has 0 spiro atoms. The second kappa shape index (κ2) is 5.75. The zero-order chi connectivity index (χ0) is 10.6. The molecule has 1 fully saturated rings. The van der Waals surface area contributed by atoms with Crippen molar-refractivity contribution in [2.45, 2.75) is 65.3 Å². The van der Waals surface area contributed by atoms with Gasteiger partial charge in [-0.3, -0.25) is 0 Å². The molecule has 84 valence electrons. The van der Waals surface area contributed by atoms with E-state index in [4.69, 9.17) is 5.73 Å². The fraction of sp³-hybridized carbons (Fsp3) is 1.00. The van der Waals surface area contributed by atoms with E-state index in [2.05, 4.69) is 20.8 Å². The molecule has 0 aromatic carbocycles. The molecule has 1 saturated carbocycles. The number of hydrogen-bond donors (Lipinski definition) is 1. The maximum atomic E-state index is 6.16. The van der Waals surface area contributed by atoms with Gasteiger partial charge >= 0.3 is 0 Å². The summed E-state index contributed by atoms with van der Waals surface area (Å²) in [5.74, 6) is 2.59. The summed E-state index contributed by atoms with van der Waals surface area (Å²) in [6.45, 7) is 6.99. The van der Waals surface area contributed by atoms with Crippen LogP contribution < -0.4 is 5.73 Å². The molecular formula is C13H27N. The largest absolute Gasteiger partial charge is 0.327 e. The first-order valence-corrected chi connectivity index (χ1v) is 6.35. The predicted octanol–water partition coefficient (Wildman–Crippen LogP) is 3.58. The third-order valence-electron chi connectivity index (χ3n) is 3.66. The van der Waals surface area contributed by atoms with Crippen LogP contribution in [0.4, 0.5) is 0 Å². The van der Waals surface area contributed by atoms with E-state index < -0.39 is 0 Å². The Kier molecular flexibility index (Phi) is 4.94. The van der Waals surface area contributed by atoms with Crippen LogP contribution in [0.2, 0.25) is 0 Å². The predicted molar refractivity (Wildman–Crippen MR) is 63.2 cm³/mol. The minimum atomic E-state index is 0.498. The highest BCUT2D eigenvalue weighted by Crippen LogP contribution is 2.31. The van der Waals surface area contributed by atoms with Crippen molar-refractivity contribution in [1.82, 2.24) is 0 Å². The Labute approximate surface area is 89.5 Å². The SMILES string of the molecule is CC(C)CCCC1CC(C)CCC1N. The zero-order valence-corrected chi connectivity index (χ0v) is 10.1. The van der Waals surface area contributed by atoms with Crippen LogP contribution in [0.1, 0.15) is 59.3 Å². The van der Waals surface area contributed by atoms with Crippen LogP contribution in [0.15, 0.2) is 0 Å². The molecule has 1 aliphatic rings. The first-order valence-electron chi connectivity index (χ1n) is 6.35. The van der Waals surface area contributed by atoms with E-state index in [1.165, 1.54) is 38.5 Å². The summed E-state index contributed by atoms with van der Waals surface area (Å²) in [6, 6.07) is 0.498. The van der Waals surface area contributed by atoms with Gasteiger partial charge in [0.25, 0.3) is 0 Å². The molecular weight excluding hydrogens is 170 g/mol. The van der Waals surface area contributed by atoms with E-state index in [1.807, 2.05) is 0 Å². The summed E-state index contributed by atoms with van der Waals surface area (Å²) in [7, 11) is 0. The Morgan fingerprint density at radius 2 is 2.00 bits per heavy atom. The van der Waals surface area contributed by atoms with Gasteiger partial charge in [-0.15, -0.1) is 0 Å². The van der Waals surface area contributed by atoms with E-state index in [-0.39, 0.29) is 0 Å². The molecule has 1 nitrogen and oxygen atoms in total. The molecule has 0 radical (unpaired) electrons. The Morgan fingerprint density at radius 1 is 1.29 bits per heavy atom. The maximum Gasteiger partial charge on any atom is 0.00673 e. The standard InChI is InChI=1S/C13H27N/c1-10(2)5-4-6-12-9-11(3)7-8-13(12)14/h10-13H,4-9,14H2,1-3H3. The molecule has 0 aliphatic heterocycles. The van der Waals surface area contributed by atoms with Crippen LogP contribution in [0.25, 0.3) is 0 Å². The molecule has 2 N–H and O–H groups in total. The molecule has 0 amide bonds. The van der Waals surface area contributed by atoms with Gasteiger partial charge in [0.05, 0.1) is 0 Å². The number of nitrogens with two attached hydrogens (primary N) is 1. The van der Waals surface area contributed by atoms with Gasteiger partial charge in [-0.2, -0.15) is 0 Å². The fourth-order valence-corrected chi connectivity index (χ4v) is 2.64. The maximum absolute atomic E-state index is 6.16. The highest BCUT2D eigenvalue weighted by atomic mass is 14.7. The quantitative estimate of drug-likeness (QED) is 0.732. The highest BCUT2D eigenvalue weighted by Gasteiger charge is 2.25. The Bertz CT molecular complexity index is 153. The average Bonchev–Trinajstić information content (AvgIpc) is 2.10. The topological polar surface area (TPSA) is 26.0 Å². The van der Waals surface area contributed by atoms with Gasteiger partial charge in [-0.05, 0) is 43.4 Å². The molecule has 0 aromatic heterocycles. The molecule has 1 heteroatoms. The fourth-order valence-electron chi connectivity index (χ4n) is 2.64. The van der Waals surface area contributed by atoms with Gasteiger partial charge in [0.2, 0.25) is 0 Å². The summed E-state index contributed by atoms with van der Waals surface area (Å²) in [4.78, 5) is 0. The van der Waals surface area contributed by atoms with Crippen LogP contribution in [0.5, 0.6) is 0 Å². The molecule has 3 unspecified atom stereocenters. The average molecular weight is 197 g/mol. The zero-order valence-electron chi connectivity index (χ0n) is 10.1. The smallest absolute Gasteiger partial charge is 0.00673 e. The van der Waals surface area contributed by atoms with Gasteiger partial charge in [-0.1, -0.05) is 33.6 Å². The van der Waals surface area contributed by atoms with E-state index >= 15 is 0 Å². The third-order valence-corrected chi connectivity index (χ3v) is 3.66. The van der Waals surface area contributed by atoms with Crippen molar-refractivity contribution in [3.8, 4) is 0 Å². The first kappa shape index (κ1) is 12.0. The molecule has 1 rings (SSSR count).